The molecule has 0 N–H and O–H groups in total. The minimum atomic E-state index is -3.93. The second-order valence-corrected chi connectivity index (χ2v) is 6.15. The molecule has 19 heavy (non-hydrogen) atoms. The van der Waals surface area contributed by atoms with Gasteiger partial charge in [0.1, 0.15) is 0 Å². The summed E-state index contributed by atoms with van der Waals surface area (Å²) in [6, 6.07) is 6.61. The molecule has 1 aromatic rings. The summed E-state index contributed by atoms with van der Waals surface area (Å²) in [5.74, 6) is 0. The highest BCUT2D eigenvalue weighted by molar-refractivity contribution is 7.86. The Balaban J connectivity index is 2.71. The molecule has 0 aliphatic rings. The van der Waals surface area contributed by atoms with Crippen LogP contribution in [0.3, 0.4) is 0 Å². The zero-order valence-electron chi connectivity index (χ0n) is 11.5. The van der Waals surface area contributed by atoms with E-state index in [1.807, 2.05) is 6.07 Å². The summed E-state index contributed by atoms with van der Waals surface area (Å²) >= 11 is 0. The van der Waals surface area contributed by atoms with Crippen LogP contribution in [0.25, 0.3) is 0 Å². The largest absolute Gasteiger partial charge is 0.299 e. The first-order valence-corrected chi connectivity index (χ1v) is 8.04. The van der Waals surface area contributed by atoms with Crippen LogP contribution in [0.15, 0.2) is 29.2 Å². The highest BCUT2D eigenvalue weighted by Gasteiger charge is 2.18. The summed E-state index contributed by atoms with van der Waals surface area (Å²) in [7, 11) is -3.93. The highest BCUT2D eigenvalue weighted by Crippen LogP contribution is 2.17. The lowest BCUT2D eigenvalue weighted by molar-refractivity contribution is -0.0506. The van der Waals surface area contributed by atoms with Gasteiger partial charge < -0.3 is 0 Å². The van der Waals surface area contributed by atoms with E-state index in [4.69, 9.17) is 0 Å². The van der Waals surface area contributed by atoms with Crippen molar-refractivity contribution in [3.63, 3.8) is 0 Å². The second-order valence-electron chi connectivity index (χ2n) is 4.58. The number of rotatable bonds is 8. The molecule has 1 rings (SSSR count). The molecular weight excluding hydrogens is 264 g/mol. The molecule has 0 saturated carbocycles. The van der Waals surface area contributed by atoms with Gasteiger partial charge in [0.15, 0.2) is 0 Å². The van der Waals surface area contributed by atoms with E-state index in [9.17, 15) is 13.5 Å². The lowest BCUT2D eigenvalue weighted by Crippen LogP contribution is -2.13. The molecular formula is C14H21O4S. The van der Waals surface area contributed by atoms with Crippen molar-refractivity contribution >= 4 is 10.1 Å². The van der Waals surface area contributed by atoms with Gasteiger partial charge in [0.2, 0.25) is 6.29 Å². The van der Waals surface area contributed by atoms with Crippen LogP contribution in [0.5, 0.6) is 0 Å². The van der Waals surface area contributed by atoms with Crippen LogP contribution >= 0.6 is 0 Å². The summed E-state index contributed by atoms with van der Waals surface area (Å²) in [4.78, 5) is 0.0585. The molecule has 5 heteroatoms. The molecule has 0 bridgehead atoms. The van der Waals surface area contributed by atoms with E-state index in [1.54, 1.807) is 12.1 Å². The van der Waals surface area contributed by atoms with Gasteiger partial charge in [-0.05, 0) is 37.5 Å². The third-order valence-corrected chi connectivity index (χ3v) is 4.12. The van der Waals surface area contributed by atoms with Gasteiger partial charge in [-0.25, -0.2) is 9.29 Å². The number of hydrogen-bond donors (Lipinski definition) is 0. The molecule has 0 amide bonds. The molecule has 1 unspecified atom stereocenters. The third kappa shape index (κ3) is 5.72. The normalized spacial score (nSPS) is 13.4. The Bertz CT molecular complexity index is 480. The monoisotopic (exact) mass is 285 g/mol. The summed E-state index contributed by atoms with van der Waals surface area (Å²) in [5, 5.41) is 10.8. The zero-order chi connectivity index (χ0) is 14.3. The van der Waals surface area contributed by atoms with E-state index < -0.39 is 16.4 Å². The summed E-state index contributed by atoms with van der Waals surface area (Å²) in [5.41, 5.74) is 0.958. The molecule has 0 fully saturated rings. The van der Waals surface area contributed by atoms with Crippen LogP contribution in [0, 0.1) is 0 Å². The van der Waals surface area contributed by atoms with Crippen molar-refractivity contribution in [3.05, 3.63) is 29.8 Å². The van der Waals surface area contributed by atoms with Gasteiger partial charge >= 0.3 is 0 Å². The number of unbranched alkanes of at least 4 members (excludes halogenated alkanes) is 3. The Morgan fingerprint density at radius 2 is 1.95 bits per heavy atom. The average molecular weight is 285 g/mol. The fraction of sp³-hybridized carbons (Fsp3) is 0.571. The van der Waals surface area contributed by atoms with Gasteiger partial charge in [-0.3, -0.25) is 0 Å². The average Bonchev–Trinajstić information content (AvgIpc) is 2.34. The van der Waals surface area contributed by atoms with Crippen LogP contribution in [0.4, 0.5) is 0 Å². The fourth-order valence-corrected chi connectivity index (χ4v) is 2.86. The van der Waals surface area contributed by atoms with Gasteiger partial charge in [-0.15, -0.1) is 0 Å². The van der Waals surface area contributed by atoms with E-state index in [-0.39, 0.29) is 4.90 Å². The number of aryl methyl sites for hydroxylation is 1. The van der Waals surface area contributed by atoms with E-state index >= 15 is 0 Å². The first kappa shape index (κ1) is 16.1. The molecule has 0 heterocycles. The molecule has 0 aliphatic heterocycles. The topological polar surface area (TPSA) is 63.3 Å². The molecule has 107 valence electrons. The Morgan fingerprint density at radius 1 is 1.21 bits per heavy atom. The van der Waals surface area contributed by atoms with Crippen molar-refractivity contribution in [2.75, 3.05) is 0 Å². The fourth-order valence-electron chi connectivity index (χ4n) is 1.85. The van der Waals surface area contributed by atoms with Crippen molar-refractivity contribution in [3.8, 4) is 0 Å². The van der Waals surface area contributed by atoms with Crippen LogP contribution in [0.1, 0.15) is 45.1 Å². The molecule has 4 nitrogen and oxygen atoms in total. The van der Waals surface area contributed by atoms with Crippen molar-refractivity contribution in [2.24, 2.45) is 0 Å². The molecule has 1 atom stereocenters. The number of hydrogen-bond acceptors (Lipinski definition) is 3. The van der Waals surface area contributed by atoms with Gasteiger partial charge in [0.05, 0.1) is 4.90 Å². The van der Waals surface area contributed by atoms with E-state index in [0.717, 1.165) is 31.7 Å². The standard InChI is InChI=1S/C14H21O4S/c1-3-4-5-6-8-13-9-7-10-14(11-13)19(16,17)18-12(2)15/h7,9-12H,3-6,8H2,1-2H3. The smallest absolute Gasteiger partial charge is 0.231 e. The van der Waals surface area contributed by atoms with Crippen LogP contribution in [-0.4, -0.2) is 14.7 Å². The first-order chi connectivity index (χ1) is 8.95. The van der Waals surface area contributed by atoms with Crippen LogP contribution in [0.2, 0.25) is 0 Å². The Labute approximate surface area is 115 Å². The SMILES string of the molecule is CCCCCCc1cccc(S(=O)(=O)OC(C)[O])c1. The minimum absolute atomic E-state index is 0.0585. The van der Waals surface area contributed by atoms with E-state index in [2.05, 4.69) is 11.1 Å². The molecule has 0 saturated heterocycles. The minimum Gasteiger partial charge on any atom is -0.231 e. The van der Waals surface area contributed by atoms with Crippen molar-refractivity contribution in [1.82, 2.24) is 0 Å². The van der Waals surface area contributed by atoms with E-state index in [1.165, 1.54) is 18.9 Å². The lowest BCUT2D eigenvalue weighted by Gasteiger charge is -2.08. The van der Waals surface area contributed by atoms with Gasteiger partial charge in [-0.1, -0.05) is 38.3 Å². The van der Waals surface area contributed by atoms with E-state index in [0.29, 0.717) is 0 Å². The molecule has 0 spiro atoms. The van der Waals surface area contributed by atoms with Gasteiger partial charge in [-0.2, -0.15) is 8.42 Å². The third-order valence-electron chi connectivity index (χ3n) is 2.77. The molecule has 0 aromatic heterocycles. The zero-order valence-corrected chi connectivity index (χ0v) is 12.3. The Kier molecular flexibility index (Phi) is 6.48. The van der Waals surface area contributed by atoms with Crippen LogP contribution < -0.4 is 0 Å². The highest BCUT2D eigenvalue weighted by atomic mass is 32.2. The van der Waals surface area contributed by atoms with Gasteiger partial charge in [0.25, 0.3) is 10.1 Å². The lowest BCUT2D eigenvalue weighted by atomic mass is 10.1. The predicted octanol–water partition coefficient (Wildman–Crippen LogP) is 3.29. The Morgan fingerprint density at radius 3 is 2.58 bits per heavy atom. The maximum absolute atomic E-state index is 11.7. The maximum atomic E-state index is 11.7. The van der Waals surface area contributed by atoms with Crippen molar-refractivity contribution in [2.45, 2.75) is 57.1 Å². The molecule has 0 aliphatic carbocycles. The molecule has 1 radical (unpaired) electrons. The quantitative estimate of drug-likeness (QED) is 0.418. The predicted molar refractivity (Wildman–Crippen MR) is 72.7 cm³/mol. The summed E-state index contributed by atoms with van der Waals surface area (Å²) in [6.07, 6.45) is 3.80. The number of benzene rings is 1. The van der Waals surface area contributed by atoms with Gasteiger partial charge in [0, 0.05) is 0 Å². The summed E-state index contributed by atoms with van der Waals surface area (Å²) < 4.78 is 27.9. The van der Waals surface area contributed by atoms with Crippen molar-refractivity contribution in [1.29, 1.82) is 0 Å². The maximum Gasteiger partial charge on any atom is 0.299 e. The van der Waals surface area contributed by atoms with Crippen LogP contribution in [-0.2, 0) is 25.8 Å². The van der Waals surface area contributed by atoms with Crippen molar-refractivity contribution < 1.29 is 17.7 Å². The molecule has 1 aromatic carbocycles. The summed E-state index contributed by atoms with van der Waals surface area (Å²) in [6.45, 7) is 3.31. The Hall–Kier alpha value is -0.910. The first-order valence-electron chi connectivity index (χ1n) is 6.63. The second kappa shape index (κ2) is 7.62.